The molecular formula is C12H24N2S. The summed E-state index contributed by atoms with van der Waals surface area (Å²) < 4.78 is 0. The van der Waals surface area contributed by atoms with Crippen LogP contribution in [0.1, 0.15) is 46.5 Å². The van der Waals surface area contributed by atoms with Crippen LogP contribution >= 0.6 is 12.2 Å². The first-order chi connectivity index (χ1) is 7.15. The lowest BCUT2D eigenvalue weighted by atomic mass is 9.94. The first-order valence-electron chi connectivity index (χ1n) is 6.19. The van der Waals surface area contributed by atoms with Crippen LogP contribution in [0.3, 0.4) is 0 Å². The Kier molecular flexibility index (Phi) is 5.37. The molecule has 1 fully saturated rings. The first kappa shape index (κ1) is 12.8. The minimum absolute atomic E-state index is 0.607. The van der Waals surface area contributed by atoms with E-state index in [4.69, 9.17) is 12.2 Å². The number of thiocarbonyl (C=S) groups is 1. The maximum Gasteiger partial charge on any atom is 0.169 e. The zero-order valence-electron chi connectivity index (χ0n) is 10.3. The number of hydrogen-bond donors (Lipinski definition) is 1. The Morgan fingerprint density at radius 2 is 2.20 bits per heavy atom. The Balaban J connectivity index is 2.32. The molecule has 0 spiro atoms. The van der Waals surface area contributed by atoms with E-state index in [-0.39, 0.29) is 0 Å². The smallest absolute Gasteiger partial charge is 0.169 e. The maximum absolute atomic E-state index is 5.42. The predicted octanol–water partition coefficient (Wildman–Crippen LogP) is 2.78. The summed E-state index contributed by atoms with van der Waals surface area (Å²) in [5.41, 5.74) is 0. The van der Waals surface area contributed by atoms with Crippen molar-refractivity contribution in [1.82, 2.24) is 10.2 Å². The number of nitrogens with zero attached hydrogens (tertiary/aromatic N) is 1. The summed E-state index contributed by atoms with van der Waals surface area (Å²) in [5, 5.41) is 4.32. The third kappa shape index (κ3) is 3.98. The molecule has 2 unspecified atom stereocenters. The van der Waals surface area contributed by atoms with E-state index in [0.29, 0.717) is 6.04 Å². The lowest BCUT2D eigenvalue weighted by molar-refractivity contribution is 0.208. The van der Waals surface area contributed by atoms with Gasteiger partial charge >= 0.3 is 0 Å². The van der Waals surface area contributed by atoms with Gasteiger partial charge in [-0.3, -0.25) is 0 Å². The van der Waals surface area contributed by atoms with Crippen LogP contribution in [-0.4, -0.2) is 29.1 Å². The highest BCUT2D eigenvalue weighted by Crippen LogP contribution is 2.21. The fraction of sp³-hybridized carbons (Fsp3) is 0.917. The molecule has 0 aliphatic carbocycles. The first-order valence-corrected chi connectivity index (χ1v) is 6.60. The second kappa shape index (κ2) is 6.31. The molecule has 0 aromatic carbocycles. The van der Waals surface area contributed by atoms with Gasteiger partial charge in [-0.15, -0.1) is 0 Å². The summed E-state index contributed by atoms with van der Waals surface area (Å²) in [6.45, 7) is 8.97. The summed E-state index contributed by atoms with van der Waals surface area (Å²) in [6.07, 6.45) is 4.98. The number of nitrogens with one attached hydrogen (secondary N) is 1. The molecule has 0 saturated carbocycles. The van der Waals surface area contributed by atoms with Crippen molar-refractivity contribution >= 4 is 17.3 Å². The van der Waals surface area contributed by atoms with Crippen LogP contribution in [0.15, 0.2) is 0 Å². The van der Waals surface area contributed by atoms with Gasteiger partial charge in [0.15, 0.2) is 5.11 Å². The highest BCUT2D eigenvalue weighted by atomic mass is 32.1. The van der Waals surface area contributed by atoms with Gasteiger partial charge in [0.1, 0.15) is 0 Å². The number of likely N-dealkylation sites (tertiary alicyclic amines) is 1. The topological polar surface area (TPSA) is 15.3 Å². The highest BCUT2D eigenvalue weighted by Gasteiger charge is 2.24. The van der Waals surface area contributed by atoms with Crippen molar-refractivity contribution in [3.63, 3.8) is 0 Å². The molecule has 0 bridgehead atoms. The molecule has 0 radical (unpaired) electrons. The van der Waals surface area contributed by atoms with E-state index in [2.05, 4.69) is 31.0 Å². The largest absolute Gasteiger partial charge is 0.363 e. The molecule has 0 amide bonds. The summed E-state index contributed by atoms with van der Waals surface area (Å²) >= 11 is 5.42. The highest BCUT2D eigenvalue weighted by molar-refractivity contribution is 7.80. The molecule has 1 heterocycles. The summed E-state index contributed by atoms with van der Waals surface area (Å²) in [6, 6.07) is 0.607. The molecule has 88 valence electrons. The Bertz CT molecular complexity index is 206. The number of unbranched alkanes of at least 4 members (excludes halogenated alkanes) is 1. The Hall–Kier alpha value is -0.310. The van der Waals surface area contributed by atoms with E-state index >= 15 is 0 Å². The monoisotopic (exact) mass is 228 g/mol. The zero-order valence-corrected chi connectivity index (χ0v) is 11.1. The molecule has 1 saturated heterocycles. The molecule has 1 aliphatic heterocycles. The second-order valence-electron chi connectivity index (χ2n) is 4.76. The Labute approximate surface area is 99.4 Å². The van der Waals surface area contributed by atoms with E-state index in [1.165, 1.54) is 25.7 Å². The minimum atomic E-state index is 0.607. The lowest BCUT2D eigenvalue weighted by Crippen LogP contribution is -2.48. The van der Waals surface area contributed by atoms with Crippen LogP contribution < -0.4 is 5.32 Å². The van der Waals surface area contributed by atoms with Gasteiger partial charge in [0, 0.05) is 19.1 Å². The van der Waals surface area contributed by atoms with Gasteiger partial charge in [-0.1, -0.05) is 20.3 Å². The standard InChI is InChI=1S/C12H24N2S/c1-4-5-7-13-12(15)14-8-6-10(2)9-11(14)3/h10-11H,4-9H2,1-3H3,(H,13,15). The van der Waals surface area contributed by atoms with Crippen molar-refractivity contribution in [2.75, 3.05) is 13.1 Å². The lowest BCUT2D eigenvalue weighted by Gasteiger charge is -2.38. The summed E-state index contributed by atoms with van der Waals surface area (Å²) in [7, 11) is 0. The fourth-order valence-corrected chi connectivity index (χ4v) is 2.56. The van der Waals surface area contributed by atoms with Crippen molar-refractivity contribution in [3.8, 4) is 0 Å². The third-order valence-electron chi connectivity index (χ3n) is 3.21. The van der Waals surface area contributed by atoms with Gasteiger partial charge < -0.3 is 10.2 Å². The number of piperidine rings is 1. The molecule has 1 aliphatic rings. The zero-order chi connectivity index (χ0) is 11.3. The van der Waals surface area contributed by atoms with Crippen molar-refractivity contribution in [1.29, 1.82) is 0 Å². The summed E-state index contributed by atoms with van der Waals surface area (Å²) in [5.74, 6) is 0.856. The van der Waals surface area contributed by atoms with Crippen molar-refractivity contribution in [2.24, 2.45) is 5.92 Å². The minimum Gasteiger partial charge on any atom is -0.363 e. The Morgan fingerprint density at radius 3 is 2.80 bits per heavy atom. The maximum atomic E-state index is 5.42. The molecule has 15 heavy (non-hydrogen) atoms. The molecule has 2 atom stereocenters. The predicted molar refractivity (Wildman–Crippen MR) is 70.1 cm³/mol. The average molecular weight is 228 g/mol. The van der Waals surface area contributed by atoms with Crippen molar-refractivity contribution in [2.45, 2.75) is 52.5 Å². The van der Waals surface area contributed by atoms with Gasteiger partial charge in [0.05, 0.1) is 0 Å². The van der Waals surface area contributed by atoms with Crippen LogP contribution in [0, 0.1) is 5.92 Å². The van der Waals surface area contributed by atoms with E-state index in [9.17, 15) is 0 Å². The third-order valence-corrected chi connectivity index (χ3v) is 3.58. The van der Waals surface area contributed by atoms with Gasteiger partial charge in [-0.05, 0) is 44.3 Å². The van der Waals surface area contributed by atoms with Gasteiger partial charge in [-0.2, -0.15) is 0 Å². The summed E-state index contributed by atoms with van der Waals surface area (Å²) in [4.78, 5) is 2.35. The molecule has 1 N–H and O–H groups in total. The van der Waals surface area contributed by atoms with Crippen LogP contribution in [-0.2, 0) is 0 Å². The molecule has 0 aromatic rings. The van der Waals surface area contributed by atoms with Crippen LogP contribution in [0.2, 0.25) is 0 Å². The van der Waals surface area contributed by atoms with Crippen LogP contribution in [0.5, 0.6) is 0 Å². The van der Waals surface area contributed by atoms with E-state index in [0.717, 1.165) is 24.1 Å². The second-order valence-corrected chi connectivity index (χ2v) is 5.14. The van der Waals surface area contributed by atoms with E-state index < -0.39 is 0 Å². The molecule has 3 heteroatoms. The molecule has 2 nitrogen and oxygen atoms in total. The van der Waals surface area contributed by atoms with E-state index in [1.807, 2.05) is 0 Å². The normalized spacial score (nSPS) is 26.5. The van der Waals surface area contributed by atoms with Crippen molar-refractivity contribution < 1.29 is 0 Å². The van der Waals surface area contributed by atoms with Crippen LogP contribution in [0.4, 0.5) is 0 Å². The van der Waals surface area contributed by atoms with Gasteiger partial charge in [0.25, 0.3) is 0 Å². The van der Waals surface area contributed by atoms with Gasteiger partial charge in [-0.25, -0.2) is 0 Å². The number of hydrogen-bond acceptors (Lipinski definition) is 1. The quantitative estimate of drug-likeness (QED) is 0.591. The van der Waals surface area contributed by atoms with Crippen molar-refractivity contribution in [3.05, 3.63) is 0 Å². The SMILES string of the molecule is CCCCNC(=S)N1CCC(C)CC1C. The fourth-order valence-electron chi connectivity index (χ4n) is 2.18. The van der Waals surface area contributed by atoms with E-state index in [1.54, 1.807) is 0 Å². The van der Waals surface area contributed by atoms with Crippen LogP contribution in [0.25, 0.3) is 0 Å². The molecular weight excluding hydrogens is 204 g/mol. The molecule has 1 rings (SSSR count). The number of rotatable bonds is 3. The van der Waals surface area contributed by atoms with Gasteiger partial charge in [0.2, 0.25) is 0 Å². The average Bonchev–Trinajstić information content (AvgIpc) is 2.17. The molecule has 0 aromatic heterocycles. The Morgan fingerprint density at radius 1 is 1.47 bits per heavy atom.